The molecule has 0 radical (unpaired) electrons. The molecule has 2 fully saturated rings. The summed E-state index contributed by atoms with van der Waals surface area (Å²) < 4.78 is 5.45. The number of aliphatic imine (C=N–C) groups is 1. The summed E-state index contributed by atoms with van der Waals surface area (Å²) in [4.78, 5) is 23.6. The zero-order valence-electron chi connectivity index (χ0n) is 19.0. The molecule has 0 saturated carbocycles. The number of ether oxygens (including phenoxy) is 1. The predicted octanol–water partition coefficient (Wildman–Crippen LogP) is 1.23. The quantitative estimate of drug-likeness (QED) is 0.319. The number of morpholine rings is 1. The number of amides is 1. The van der Waals surface area contributed by atoms with Crippen molar-refractivity contribution in [2.24, 2.45) is 4.99 Å². The second kappa shape index (κ2) is 12.4. The first-order valence-corrected chi connectivity index (χ1v) is 10.8. The molecule has 2 saturated heterocycles. The lowest BCUT2D eigenvalue weighted by Crippen LogP contribution is -2.57. The van der Waals surface area contributed by atoms with Gasteiger partial charge >= 0.3 is 0 Å². The molecular weight excluding hydrogens is 507 g/mol. The van der Waals surface area contributed by atoms with Crippen molar-refractivity contribution >= 4 is 41.5 Å². The molecule has 3 rings (SSSR count). The van der Waals surface area contributed by atoms with Crippen LogP contribution in [-0.2, 0) is 9.53 Å². The Morgan fingerprint density at radius 2 is 1.68 bits per heavy atom. The van der Waals surface area contributed by atoms with E-state index >= 15 is 0 Å². The number of hydrogen-bond acceptors (Lipinski definition) is 5. The van der Waals surface area contributed by atoms with Gasteiger partial charge in [-0.25, -0.2) is 0 Å². The van der Waals surface area contributed by atoms with E-state index in [1.54, 1.807) is 7.05 Å². The number of anilines is 1. The van der Waals surface area contributed by atoms with E-state index in [2.05, 4.69) is 63.5 Å². The number of benzene rings is 1. The van der Waals surface area contributed by atoms with Crippen molar-refractivity contribution in [2.45, 2.75) is 19.4 Å². The third-order valence-corrected chi connectivity index (χ3v) is 5.94. The minimum absolute atomic E-state index is 0. The Labute approximate surface area is 203 Å². The largest absolute Gasteiger partial charge is 0.379 e. The maximum absolute atomic E-state index is 12.7. The molecule has 31 heavy (non-hydrogen) atoms. The molecule has 2 heterocycles. The third kappa shape index (κ3) is 7.50. The average Bonchev–Trinajstić information content (AvgIpc) is 2.80. The Morgan fingerprint density at radius 1 is 1.03 bits per heavy atom. The van der Waals surface area contributed by atoms with E-state index in [4.69, 9.17) is 4.74 Å². The first-order chi connectivity index (χ1) is 14.5. The number of nitrogens with one attached hydrogen (secondary N) is 2. The average molecular weight is 544 g/mol. The number of rotatable bonds is 6. The van der Waals surface area contributed by atoms with Gasteiger partial charge in [0.05, 0.1) is 19.8 Å². The second-order valence-corrected chi connectivity index (χ2v) is 8.39. The Balaban J connectivity index is 0.00000341. The second-order valence-electron chi connectivity index (χ2n) is 8.39. The maximum Gasteiger partial charge on any atom is 0.242 e. The molecule has 0 atom stereocenters. The van der Waals surface area contributed by atoms with Crippen molar-refractivity contribution in [1.29, 1.82) is 0 Å². The van der Waals surface area contributed by atoms with Crippen LogP contribution in [0, 0.1) is 0 Å². The van der Waals surface area contributed by atoms with Crippen LogP contribution in [0.25, 0.3) is 0 Å². The van der Waals surface area contributed by atoms with Crippen LogP contribution in [0.3, 0.4) is 0 Å². The van der Waals surface area contributed by atoms with Crippen LogP contribution in [-0.4, -0.2) is 99.8 Å². The molecule has 0 unspecified atom stereocenters. The van der Waals surface area contributed by atoms with Crippen LogP contribution < -0.4 is 15.5 Å². The lowest BCUT2D eigenvalue weighted by molar-refractivity contribution is -0.130. The Hall–Kier alpha value is -1.59. The number of guanidine groups is 1. The van der Waals surface area contributed by atoms with Crippen LogP contribution >= 0.6 is 24.0 Å². The Kier molecular flexibility index (Phi) is 10.3. The highest BCUT2D eigenvalue weighted by molar-refractivity contribution is 14.0. The maximum atomic E-state index is 12.7. The molecule has 0 aromatic heterocycles. The fourth-order valence-electron chi connectivity index (χ4n) is 3.93. The highest BCUT2D eigenvalue weighted by Crippen LogP contribution is 2.16. The van der Waals surface area contributed by atoms with E-state index in [1.807, 2.05) is 11.0 Å². The summed E-state index contributed by atoms with van der Waals surface area (Å²) in [6, 6.07) is 10.4. The number of carbonyl (C=O) groups is 1. The molecule has 0 bridgehead atoms. The summed E-state index contributed by atoms with van der Waals surface area (Å²) in [5.41, 5.74) is 1.20. The van der Waals surface area contributed by atoms with Gasteiger partial charge in [-0.1, -0.05) is 18.2 Å². The molecule has 8 nitrogen and oxygen atoms in total. The van der Waals surface area contributed by atoms with Crippen LogP contribution in [0.5, 0.6) is 0 Å². The fraction of sp³-hybridized carbons (Fsp3) is 0.636. The minimum Gasteiger partial charge on any atom is -0.379 e. The topological polar surface area (TPSA) is 72.4 Å². The number of nitrogens with zero attached hydrogens (tertiary/aromatic N) is 4. The fourth-order valence-corrected chi connectivity index (χ4v) is 3.93. The Bertz CT molecular complexity index is 701. The molecule has 2 aliphatic rings. The summed E-state index contributed by atoms with van der Waals surface area (Å²) in [5, 5.41) is 6.55. The van der Waals surface area contributed by atoms with Gasteiger partial charge in [-0.3, -0.25) is 14.7 Å². The first kappa shape index (κ1) is 25.7. The van der Waals surface area contributed by atoms with Crippen molar-refractivity contribution < 1.29 is 9.53 Å². The van der Waals surface area contributed by atoms with Gasteiger partial charge in [0.15, 0.2) is 5.96 Å². The van der Waals surface area contributed by atoms with Gasteiger partial charge in [0.25, 0.3) is 0 Å². The van der Waals surface area contributed by atoms with Crippen LogP contribution in [0.2, 0.25) is 0 Å². The van der Waals surface area contributed by atoms with Gasteiger partial charge < -0.3 is 25.2 Å². The molecule has 2 aliphatic heterocycles. The third-order valence-electron chi connectivity index (χ3n) is 5.94. The van der Waals surface area contributed by atoms with Gasteiger partial charge in [-0.15, -0.1) is 24.0 Å². The van der Waals surface area contributed by atoms with Crippen molar-refractivity contribution in [3.63, 3.8) is 0 Å². The van der Waals surface area contributed by atoms with E-state index in [1.165, 1.54) is 5.69 Å². The molecule has 174 valence electrons. The zero-order valence-corrected chi connectivity index (χ0v) is 21.3. The van der Waals surface area contributed by atoms with Crippen LogP contribution in [0.15, 0.2) is 35.3 Å². The number of hydrogen-bond donors (Lipinski definition) is 2. The number of piperazine rings is 1. The molecule has 1 aromatic carbocycles. The van der Waals surface area contributed by atoms with Gasteiger partial charge in [0.2, 0.25) is 5.91 Å². The van der Waals surface area contributed by atoms with Gasteiger partial charge in [0.1, 0.15) is 0 Å². The molecule has 0 spiro atoms. The van der Waals surface area contributed by atoms with Crippen molar-refractivity contribution in [2.75, 3.05) is 77.5 Å². The van der Waals surface area contributed by atoms with Crippen LogP contribution in [0.1, 0.15) is 13.8 Å². The van der Waals surface area contributed by atoms with Gasteiger partial charge in [0, 0.05) is 64.1 Å². The molecule has 0 aliphatic carbocycles. The normalized spacial score (nSPS) is 18.4. The van der Waals surface area contributed by atoms with Gasteiger partial charge in [-0.05, 0) is 26.0 Å². The lowest BCUT2D eigenvalue weighted by Gasteiger charge is -2.41. The predicted molar refractivity (Wildman–Crippen MR) is 136 cm³/mol. The first-order valence-electron chi connectivity index (χ1n) is 10.8. The summed E-state index contributed by atoms with van der Waals surface area (Å²) in [5.74, 6) is 0.769. The van der Waals surface area contributed by atoms with Crippen molar-refractivity contribution in [3.8, 4) is 0 Å². The highest BCUT2D eigenvalue weighted by atomic mass is 127. The SMILES string of the molecule is CN=C(NCC(=O)N1CCN(c2ccccc2)CC1)NCC(C)(C)N1CCOCC1.I. The monoisotopic (exact) mass is 544 g/mol. The van der Waals surface area contributed by atoms with Crippen LogP contribution in [0.4, 0.5) is 5.69 Å². The lowest BCUT2D eigenvalue weighted by atomic mass is 10.0. The summed E-state index contributed by atoms with van der Waals surface area (Å²) in [6.07, 6.45) is 0. The molecular formula is C22H37IN6O2. The summed E-state index contributed by atoms with van der Waals surface area (Å²) in [6.45, 7) is 12.1. The summed E-state index contributed by atoms with van der Waals surface area (Å²) in [7, 11) is 1.74. The standard InChI is InChI=1S/C22H36N6O2.HI/c1-22(2,28-13-15-30-16-14-28)18-25-21(23-3)24-17-20(29)27-11-9-26(10-12-27)19-7-5-4-6-8-19;/h4-8H,9-18H2,1-3H3,(H2,23,24,25);1H. The molecule has 2 N–H and O–H groups in total. The van der Waals surface area contributed by atoms with E-state index in [-0.39, 0.29) is 42.0 Å². The van der Waals surface area contributed by atoms with E-state index in [9.17, 15) is 4.79 Å². The number of para-hydroxylation sites is 1. The molecule has 9 heteroatoms. The molecule has 1 aromatic rings. The highest BCUT2D eigenvalue weighted by Gasteiger charge is 2.28. The van der Waals surface area contributed by atoms with Crippen molar-refractivity contribution in [1.82, 2.24) is 20.4 Å². The zero-order chi connectivity index (χ0) is 21.4. The number of carbonyl (C=O) groups excluding carboxylic acids is 1. The Morgan fingerprint density at radius 3 is 2.29 bits per heavy atom. The van der Waals surface area contributed by atoms with E-state index in [0.717, 1.165) is 59.0 Å². The van der Waals surface area contributed by atoms with Crippen molar-refractivity contribution in [3.05, 3.63) is 30.3 Å². The van der Waals surface area contributed by atoms with Gasteiger partial charge in [-0.2, -0.15) is 0 Å². The summed E-state index contributed by atoms with van der Waals surface area (Å²) >= 11 is 0. The number of halogens is 1. The minimum atomic E-state index is -0.0147. The smallest absolute Gasteiger partial charge is 0.242 e. The van der Waals surface area contributed by atoms with E-state index < -0.39 is 0 Å². The van der Waals surface area contributed by atoms with E-state index in [0.29, 0.717) is 5.96 Å². The molecule has 1 amide bonds.